The average molecular weight is 545 g/mol. The van der Waals surface area contributed by atoms with E-state index in [0.717, 1.165) is 0 Å². The minimum Gasteiger partial charge on any atom is -0.466 e. The monoisotopic (exact) mass is 544 g/mol. The van der Waals surface area contributed by atoms with Gasteiger partial charge >= 0.3 is 5.97 Å². The largest absolute Gasteiger partial charge is 0.466 e. The number of allylic oxidation sites excluding steroid dienone is 2. The first kappa shape index (κ1) is 28.2. The Balaban J connectivity index is 1.85. The van der Waals surface area contributed by atoms with E-state index in [-0.39, 0.29) is 13.0 Å². The predicted octanol–water partition coefficient (Wildman–Crippen LogP) is 4.86. The molecule has 4 rings (SSSR count). The number of aromatic nitrogens is 4. The number of aliphatic hydroxyl groups excluding tert-OH is 1. The van der Waals surface area contributed by atoms with Crippen molar-refractivity contribution in [2.45, 2.75) is 25.9 Å². The van der Waals surface area contributed by atoms with E-state index in [2.05, 4.69) is 15.5 Å². The van der Waals surface area contributed by atoms with Gasteiger partial charge in [-0.1, -0.05) is 60.7 Å². The van der Waals surface area contributed by atoms with Gasteiger partial charge in [-0.2, -0.15) is 4.68 Å². The van der Waals surface area contributed by atoms with Gasteiger partial charge in [0.1, 0.15) is 23.8 Å². The van der Waals surface area contributed by atoms with E-state index >= 15 is 0 Å². The molecule has 0 saturated carbocycles. The Labute approximate surface area is 229 Å². The number of rotatable bonds is 11. The molecular formula is C30H26F2N4O4. The lowest BCUT2D eigenvalue weighted by Crippen LogP contribution is -2.16. The third-order valence-corrected chi connectivity index (χ3v) is 5.81. The number of ether oxygens (including phenoxy) is 1. The molecule has 1 atom stereocenters. The van der Waals surface area contributed by atoms with Crippen LogP contribution in [0, 0.1) is 11.6 Å². The van der Waals surface area contributed by atoms with E-state index in [1.165, 1.54) is 41.1 Å². The normalized spacial score (nSPS) is 11.8. The first-order valence-electron chi connectivity index (χ1n) is 12.5. The van der Waals surface area contributed by atoms with Crippen molar-refractivity contribution in [3.05, 3.63) is 114 Å². The van der Waals surface area contributed by atoms with Crippen molar-refractivity contribution in [3.8, 4) is 11.4 Å². The minimum absolute atomic E-state index is 0.147. The zero-order valence-corrected chi connectivity index (χ0v) is 21.6. The van der Waals surface area contributed by atoms with Crippen LogP contribution in [0.3, 0.4) is 0 Å². The molecule has 1 heterocycles. The lowest BCUT2D eigenvalue weighted by atomic mass is 9.95. The van der Waals surface area contributed by atoms with Gasteiger partial charge in [-0.05, 0) is 58.8 Å². The fourth-order valence-electron chi connectivity index (χ4n) is 4.02. The van der Waals surface area contributed by atoms with Gasteiger partial charge in [0.25, 0.3) is 0 Å². The Bertz CT molecular complexity index is 1470. The number of esters is 1. The highest BCUT2D eigenvalue weighted by Crippen LogP contribution is 2.32. The first-order chi connectivity index (χ1) is 19.4. The molecule has 0 spiro atoms. The van der Waals surface area contributed by atoms with Crippen LogP contribution < -0.4 is 0 Å². The molecule has 10 heteroatoms. The zero-order valence-electron chi connectivity index (χ0n) is 21.6. The molecule has 0 aliphatic heterocycles. The van der Waals surface area contributed by atoms with E-state index in [1.54, 1.807) is 31.2 Å². The summed E-state index contributed by atoms with van der Waals surface area (Å²) in [5, 5.41) is 22.9. The maximum absolute atomic E-state index is 13.9. The van der Waals surface area contributed by atoms with Crippen LogP contribution in [0.4, 0.5) is 8.78 Å². The van der Waals surface area contributed by atoms with Gasteiger partial charge in [0.05, 0.1) is 18.4 Å². The number of halogens is 2. The van der Waals surface area contributed by atoms with Crippen LogP contribution >= 0.6 is 0 Å². The summed E-state index contributed by atoms with van der Waals surface area (Å²) in [4.78, 5) is 23.9. The smallest absolute Gasteiger partial charge is 0.313 e. The van der Waals surface area contributed by atoms with Crippen molar-refractivity contribution in [2.75, 3.05) is 6.61 Å². The van der Waals surface area contributed by atoms with E-state index < -0.39 is 35.9 Å². The molecule has 0 saturated heterocycles. The summed E-state index contributed by atoms with van der Waals surface area (Å²) in [5.41, 5.74) is 2.69. The molecular weight excluding hydrogens is 518 g/mol. The number of carbonyl (C=O) groups excluding carboxylic acids is 2. The minimum atomic E-state index is -1.25. The summed E-state index contributed by atoms with van der Waals surface area (Å²) in [6.45, 7) is 1.78. The van der Waals surface area contributed by atoms with Crippen LogP contribution in [0.25, 0.3) is 22.7 Å². The quantitative estimate of drug-likeness (QED) is 0.163. The lowest BCUT2D eigenvalue weighted by Gasteiger charge is -2.16. The van der Waals surface area contributed by atoms with Gasteiger partial charge in [-0.25, -0.2) is 8.78 Å². The fraction of sp³-hybridized carbons (Fsp3) is 0.167. The third kappa shape index (κ3) is 7.17. The Kier molecular flexibility index (Phi) is 9.37. The second-order valence-corrected chi connectivity index (χ2v) is 8.71. The Morgan fingerprint density at radius 2 is 1.55 bits per heavy atom. The lowest BCUT2D eigenvalue weighted by molar-refractivity contribution is -0.145. The highest BCUT2D eigenvalue weighted by Gasteiger charge is 2.20. The highest BCUT2D eigenvalue weighted by molar-refractivity contribution is 5.97. The maximum Gasteiger partial charge on any atom is 0.313 e. The molecule has 8 nitrogen and oxygen atoms in total. The van der Waals surface area contributed by atoms with E-state index in [4.69, 9.17) is 4.74 Å². The number of Topliss-reactive ketones (excluding diaryl/α,β-unsaturated/α-hetero) is 1. The van der Waals surface area contributed by atoms with Crippen LogP contribution in [0.2, 0.25) is 0 Å². The Morgan fingerprint density at radius 1 is 0.950 bits per heavy atom. The van der Waals surface area contributed by atoms with Gasteiger partial charge in [-0.15, -0.1) is 5.10 Å². The van der Waals surface area contributed by atoms with Gasteiger partial charge in [0.2, 0.25) is 0 Å². The molecule has 0 fully saturated rings. The molecule has 1 unspecified atom stereocenters. The summed E-state index contributed by atoms with van der Waals surface area (Å²) in [6.07, 6.45) is 0.876. The van der Waals surface area contributed by atoms with Crippen molar-refractivity contribution in [2.24, 2.45) is 0 Å². The van der Waals surface area contributed by atoms with Crippen molar-refractivity contribution in [1.82, 2.24) is 20.2 Å². The summed E-state index contributed by atoms with van der Waals surface area (Å²) in [7, 11) is 0. The fourth-order valence-corrected chi connectivity index (χ4v) is 4.02. The zero-order chi connectivity index (χ0) is 28.5. The highest BCUT2D eigenvalue weighted by atomic mass is 19.1. The predicted molar refractivity (Wildman–Crippen MR) is 144 cm³/mol. The van der Waals surface area contributed by atoms with Gasteiger partial charge < -0.3 is 9.84 Å². The number of tetrazole rings is 1. The van der Waals surface area contributed by atoms with Crippen LogP contribution in [0.15, 0.2) is 91.0 Å². The molecule has 1 aromatic heterocycles. The van der Waals surface area contributed by atoms with Crippen molar-refractivity contribution < 1.29 is 28.2 Å². The number of nitrogens with zero attached hydrogens (tertiary/aromatic N) is 4. The van der Waals surface area contributed by atoms with Crippen molar-refractivity contribution in [1.29, 1.82) is 0 Å². The molecule has 0 aliphatic rings. The van der Waals surface area contributed by atoms with Crippen molar-refractivity contribution >= 4 is 23.0 Å². The molecule has 0 bridgehead atoms. The maximum atomic E-state index is 13.9. The van der Waals surface area contributed by atoms with Gasteiger partial charge in [-0.3, -0.25) is 9.59 Å². The molecule has 1 N–H and O–H groups in total. The van der Waals surface area contributed by atoms with E-state index in [1.807, 2.05) is 30.3 Å². The molecule has 0 aliphatic carbocycles. The number of carbonyl (C=O) groups is 2. The number of ketones is 1. The van der Waals surface area contributed by atoms with Crippen LogP contribution in [0.1, 0.15) is 30.9 Å². The standard InChI is InChI=1S/C30H26F2N4O4/c1-2-40-28(39)19-26(38)18-25(37)16-17-27(36-30(33-34-35-36)22-6-4-3-5-7-22)29(20-8-12-23(31)13-9-20)21-10-14-24(32)15-11-21/h3-17,25,37H,2,18-19H2,1H3/b17-16+. The second-order valence-electron chi connectivity index (χ2n) is 8.71. The molecule has 204 valence electrons. The number of benzene rings is 3. The van der Waals surface area contributed by atoms with Crippen LogP contribution in [-0.2, 0) is 14.3 Å². The van der Waals surface area contributed by atoms with E-state index in [0.29, 0.717) is 33.8 Å². The third-order valence-electron chi connectivity index (χ3n) is 5.81. The summed E-state index contributed by atoms with van der Waals surface area (Å²) >= 11 is 0. The molecule has 0 radical (unpaired) electrons. The van der Waals surface area contributed by atoms with E-state index in [9.17, 15) is 23.5 Å². The number of hydrogen-bond donors (Lipinski definition) is 1. The number of aliphatic hydroxyl groups is 1. The summed E-state index contributed by atoms with van der Waals surface area (Å²) in [5.74, 6) is -1.68. The van der Waals surface area contributed by atoms with Gasteiger partial charge in [0.15, 0.2) is 5.82 Å². The molecule has 3 aromatic carbocycles. The van der Waals surface area contributed by atoms with Crippen molar-refractivity contribution in [3.63, 3.8) is 0 Å². The topological polar surface area (TPSA) is 107 Å². The molecule has 4 aromatic rings. The van der Waals surface area contributed by atoms with Crippen LogP contribution in [-0.4, -0.2) is 49.8 Å². The SMILES string of the molecule is CCOC(=O)CC(=O)CC(O)/C=C/C(=C(c1ccc(F)cc1)c1ccc(F)cc1)n1nnnc1-c1ccccc1. The number of hydrogen-bond acceptors (Lipinski definition) is 7. The summed E-state index contributed by atoms with van der Waals surface area (Å²) in [6, 6.07) is 20.6. The Hall–Kier alpha value is -4.83. The summed E-state index contributed by atoms with van der Waals surface area (Å²) < 4.78 is 34.0. The Morgan fingerprint density at radius 3 is 2.12 bits per heavy atom. The molecule has 40 heavy (non-hydrogen) atoms. The van der Waals surface area contributed by atoms with Crippen LogP contribution in [0.5, 0.6) is 0 Å². The molecule has 0 amide bonds. The second kappa shape index (κ2) is 13.3. The first-order valence-corrected chi connectivity index (χ1v) is 12.5. The average Bonchev–Trinajstić information content (AvgIpc) is 3.43. The van der Waals surface area contributed by atoms with Gasteiger partial charge in [0, 0.05) is 17.6 Å².